The third kappa shape index (κ3) is 18.4. The Morgan fingerprint density at radius 1 is 0.535 bits per heavy atom. The Labute approximate surface area is 417 Å². The number of carbonyl (C=O) groups is 4. The average Bonchev–Trinajstić information content (AvgIpc) is 3.39. The number of fused-ring (bicyclic) bond motifs is 3. The van der Waals surface area contributed by atoms with Gasteiger partial charge in [-0.05, 0) is 138 Å². The van der Waals surface area contributed by atoms with E-state index in [1.165, 1.54) is 12.2 Å². The fourth-order valence-electron chi connectivity index (χ4n) is 8.75. The van der Waals surface area contributed by atoms with Crippen molar-refractivity contribution in [2.45, 2.75) is 115 Å². The van der Waals surface area contributed by atoms with E-state index < -0.39 is 11.9 Å². The molecule has 0 N–H and O–H groups in total. The molecule has 0 amide bonds. The number of aromatic nitrogens is 1. The molecule has 0 aliphatic heterocycles. The Hall–Kier alpha value is -5.87. The second-order valence-corrected chi connectivity index (χ2v) is 17.9. The van der Waals surface area contributed by atoms with Gasteiger partial charge in [-0.25, -0.2) is 14.6 Å². The standard InChI is InChI=1S/C56H71NO14/c1-4-52(58)67-31-12-8-6-10-29-64-42-21-17-40(18-22-42)55(60)70-46-25-27-48-49-28-26-47(71-56(61)41-19-23-43(24-20-41)65-30-11-7-9-13-32-68-53(59)5-2)39-51(49)57-54(50(48)38-46)69-45-16-14-15-44(37-45)66-36-35-63-34-33-62-3/h4-5,14-16,25-28,37-43H,1-2,6-13,17-24,29-36H2,3H3. The summed E-state index contributed by atoms with van der Waals surface area (Å²) in [5.74, 6) is 0.269. The predicted molar refractivity (Wildman–Crippen MR) is 268 cm³/mol. The molecule has 1 aromatic heterocycles. The highest BCUT2D eigenvalue weighted by Crippen LogP contribution is 2.38. The lowest BCUT2D eigenvalue weighted by molar-refractivity contribution is -0.142. The van der Waals surface area contributed by atoms with E-state index in [-0.39, 0.29) is 41.9 Å². The average molecular weight is 982 g/mol. The highest BCUT2D eigenvalue weighted by Gasteiger charge is 2.30. The Bertz CT molecular complexity index is 2330. The zero-order valence-corrected chi connectivity index (χ0v) is 41.3. The van der Waals surface area contributed by atoms with Crippen molar-refractivity contribution in [3.8, 4) is 28.9 Å². The van der Waals surface area contributed by atoms with Crippen LogP contribution in [-0.2, 0) is 47.6 Å². The van der Waals surface area contributed by atoms with Gasteiger partial charge in [-0.1, -0.05) is 32.1 Å². The lowest BCUT2D eigenvalue weighted by Gasteiger charge is -2.27. The van der Waals surface area contributed by atoms with Crippen molar-refractivity contribution in [2.75, 3.05) is 60.0 Å². The highest BCUT2D eigenvalue weighted by atomic mass is 16.6. The molecule has 6 rings (SSSR count). The van der Waals surface area contributed by atoms with Crippen LogP contribution in [-0.4, -0.2) is 101 Å². The molecule has 2 saturated carbocycles. The van der Waals surface area contributed by atoms with Gasteiger partial charge in [0.25, 0.3) is 0 Å². The second kappa shape index (κ2) is 30.1. The van der Waals surface area contributed by atoms with Crippen LogP contribution in [0.2, 0.25) is 0 Å². The molecule has 2 aliphatic rings. The maximum atomic E-state index is 13.6. The van der Waals surface area contributed by atoms with E-state index in [2.05, 4.69) is 13.2 Å². The molecule has 3 aromatic carbocycles. The summed E-state index contributed by atoms with van der Waals surface area (Å²) in [7, 11) is 1.62. The second-order valence-electron chi connectivity index (χ2n) is 17.9. The van der Waals surface area contributed by atoms with Crippen LogP contribution < -0.4 is 18.9 Å². The molecule has 71 heavy (non-hydrogen) atoms. The Balaban J connectivity index is 1.06. The van der Waals surface area contributed by atoms with E-state index in [0.717, 1.165) is 87.8 Å². The first-order chi connectivity index (χ1) is 34.7. The zero-order chi connectivity index (χ0) is 50.0. The summed E-state index contributed by atoms with van der Waals surface area (Å²) in [5.41, 5.74) is 0.559. The minimum atomic E-state index is -0.394. The van der Waals surface area contributed by atoms with Gasteiger partial charge in [-0.2, -0.15) is 0 Å². The fourth-order valence-corrected chi connectivity index (χ4v) is 8.75. The van der Waals surface area contributed by atoms with Crippen molar-refractivity contribution >= 4 is 45.6 Å². The monoisotopic (exact) mass is 981 g/mol. The minimum Gasteiger partial charge on any atom is -0.491 e. The summed E-state index contributed by atoms with van der Waals surface area (Å²) in [6.07, 6.45) is 15.8. The molecular weight excluding hydrogens is 911 g/mol. The Kier molecular flexibility index (Phi) is 23.1. The lowest BCUT2D eigenvalue weighted by atomic mass is 9.87. The van der Waals surface area contributed by atoms with Crippen molar-refractivity contribution in [1.29, 1.82) is 0 Å². The number of benzene rings is 3. The van der Waals surface area contributed by atoms with Crippen LogP contribution in [0, 0.1) is 11.8 Å². The van der Waals surface area contributed by atoms with E-state index in [0.29, 0.717) is 112 Å². The number of hydrogen-bond acceptors (Lipinski definition) is 15. The Morgan fingerprint density at radius 3 is 1.62 bits per heavy atom. The summed E-state index contributed by atoms with van der Waals surface area (Å²) in [6, 6.07) is 18.1. The predicted octanol–water partition coefficient (Wildman–Crippen LogP) is 10.8. The van der Waals surface area contributed by atoms with Crippen LogP contribution >= 0.6 is 0 Å². The summed E-state index contributed by atoms with van der Waals surface area (Å²) in [5, 5.41) is 2.24. The molecule has 15 heteroatoms. The highest BCUT2D eigenvalue weighted by molar-refractivity contribution is 6.08. The molecule has 0 bridgehead atoms. The molecule has 15 nitrogen and oxygen atoms in total. The summed E-state index contributed by atoms with van der Waals surface area (Å²) in [6.45, 7) is 10.6. The number of hydrogen-bond donors (Lipinski definition) is 0. The maximum absolute atomic E-state index is 13.6. The lowest BCUT2D eigenvalue weighted by Crippen LogP contribution is -2.29. The van der Waals surface area contributed by atoms with E-state index in [4.69, 9.17) is 52.4 Å². The smallest absolute Gasteiger partial charge is 0.330 e. The van der Waals surface area contributed by atoms with Crippen molar-refractivity contribution in [3.05, 3.63) is 86.0 Å². The third-order valence-corrected chi connectivity index (χ3v) is 12.7. The van der Waals surface area contributed by atoms with Crippen LogP contribution in [0.3, 0.4) is 0 Å². The van der Waals surface area contributed by atoms with Gasteiger partial charge in [-0.3, -0.25) is 9.59 Å². The molecule has 1 heterocycles. The normalized spacial score (nSPS) is 17.8. The Morgan fingerprint density at radius 2 is 1.06 bits per heavy atom. The van der Waals surface area contributed by atoms with Gasteiger partial charge in [0.05, 0.1) is 62.6 Å². The molecule has 384 valence electrons. The topological polar surface area (TPSA) is 173 Å². The quantitative estimate of drug-likeness (QED) is 0.0153. The number of nitrogens with zero attached hydrogens (tertiary/aromatic N) is 1. The first kappa shape index (κ1) is 54.5. The van der Waals surface area contributed by atoms with E-state index in [9.17, 15) is 19.2 Å². The van der Waals surface area contributed by atoms with Gasteiger partial charge in [0.2, 0.25) is 5.88 Å². The van der Waals surface area contributed by atoms with Gasteiger partial charge in [0.1, 0.15) is 29.6 Å². The first-order valence-corrected chi connectivity index (χ1v) is 25.3. The van der Waals surface area contributed by atoms with Crippen molar-refractivity contribution in [1.82, 2.24) is 4.98 Å². The van der Waals surface area contributed by atoms with Gasteiger partial charge < -0.3 is 47.4 Å². The number of methoxy groups -OCH3 is 1. The van der Waals surface area contributed by atoms with Gasteiger partial charge in [-0.15, -0.1) is 0 Å². The summed E-state index contributed by atoms with van der Waals surface area (Å²) >= 11 is 0. The van der Waals surface area contributed by atoms with E-state index in [1.54, 1.807) is 37.4 Å². The zero-order valence-electron chi connectivity index (χ0n) is 41.3. The van der Waals surface area contributed by atoms with Crippen molar-refractivity contribution in [3.63, 3.8) is 0 Å². The first-order valence-electron chi connectivity index (χ1n) is 25.3. The SMILES string of the molecule is C=CC(=O)OCCCCCCOC1CCC(C(=O)Oc2ccc3c(c2)nc(Oc2cccc(OCCOCCOC)c2)c2cc(OC(=O)C4CCC(OCCCCCCOC(=O)C=C)CC4)ccc23)CC1. The summed E-state index contributed by atoms with van der Waals surface area (Å²) in [4.78, 5) is 54.4. The van der Waals surface area contributed by atoms with Crippen LogP contribution in [0.15, 0.2) is 86.0 Å². The van der Waals surface area contributed by atoms with Crippen LogP contribution in [0.25, 0.3) is 21.7 Å². The van der Waals surface area contributed by atoms with Crippen molar-refractivity contribution < 1.29 is 66.5 Å². The van der Waals surface area contributed by atoms with E-state index >= 15 is 0 Å². The third-order valence-electron chi connectivity index (χ3n) is 12.7. The van der Waals surface area contributed by atoms with Crippen LogP contribution in [0.5, 0.6) is 28.9 Å². The summed E-state index contributed by atoms with van der Waals surface area (Å²) < 4.78 is 57.4. The molecule has 0 unspecified atom stereocenters. The van der Waals surface area contributed by atoms with E-state index in [1.807, 2.05) is 30.3 Å². The molecule has 0 spiro atoms. The van der Waals surface area contributed by atoms with Gasteiger partial charge >= 0.3 is 23.9 Å². The van der Waals surface area contributed by atoms with Crippen LogP contribution in [0.4, 0.5) is 0 Å². The molecule has 0 saturated heterocycles. The number of unbranched alkanes of at least 4 members (excludes halogenated alkanes) is 6. The maximum Gasteiger partial charge on any atom is 0.330 e. The number of rotatable bonds is 31. The minimum absolute atomic E-state index is 0.109. The van der Waals surface area contributed by atoms with Gasteiger partial charge in [0, 0.05) is 55.4 Å². The van der Waals surface area contributed by atoms with Crippen LogP contribution in [0.1, 0.15) is 103 Å². The number of carbonyl (C=O) groups excluding carboxylic acids is 4. The van der Waals surface area contributed by atoms with Gasteiger partial charge in [0.15, 0.2) is 0 Å². The van der Waals surface area contributed by atoms with Crippen molar-refractivity contribution in [2.24, 2.45) is 11.8 Å². The largest absolute Gasteiger partial charge is 0.491 e. The fraction of sp³-hybridized carbons (Fsp3) is 0.518. The molecule has 4 aromatic rings. The number of ether oxygens (including phenoxy) is 10. The molecular formula is C56H71NO14. The number of esters is 4. The number of pyridine rings is 1. The molecule has 2 aliphatic carbocycles. The molecule has 2 fully saturated rings. The molecule has 0 atom stereocenters. The molecule has 0 radical (unpaired) electrons.